The van der Waals surface area contributed by atoms with Crippen LogP contribution >= 0.6 is 0 Å². The summed E-state index contributed by atoms with van der Waals surface area (Å²) in [6, 6.07) is 8.05. The Balaban J connectivity index is 2.05. The molecule has 0 fully saturated rings. The molecule has 5 heteroatoms. The highest BCUT2D eigenvalue weighted by atomic mass is 19.1. The van der Waals surface area contributed by atoms with Crippen molar-refractivity contribution in [2.45, 2.75) is 39.7 Å². The van der Waals surface area contributed by atoms with Crippen molar-refractivity contribution in [2.24, 2.45) is 7.05 Å². The van der Waals surface area contributed by atoms with Crippen LogP contribution in [0.3, 0.4) is 0 Å². The van der Waals surface area contributed by atoms with E-state index in [1.807, 2.05) is 31.2 Å². The summed E-state index contributed by atoms with van der Waals surface area (Å²) in [4.78, 5) is 12.2. The second-order valence-corrected chi connectivity index (χ2v) is 5.67. The van der Waals surface area contributed by atoms with Gasteiger partial charge in [0, 0.05) is 13.6 Å². The number of nitrogens with zero attached hydrogens (tertiary/aromatic N) is 2. The van der Waals surface area contributed by atoms with E-state index in [0.29, 0.717) is 24.6 Å². The van der Waals surface area contributed by atoms with Crippen LogP contribution in [0.5, 0.6) is 0 Å². The van der Waals surface area contributed by atoms with Crippen LogP contribution in [0.2, 0.25) is 0 Å². The van der Waals surface area contributed by atoms with Crippen molar-refractivity contribution in [1.82, 2.24) is 15.1 Å². The number of halogens is 1. The van der Waals surface area contributed by atoms with Crippen molar-refractivity contribution < 1.29 is 9.18 Å². The van der Waals surface area contributed by atoms with Gasteiger partial charge in [0.05, 0.1) is 5.69 Å². The lowest BCUT2D eigenvalue weighted by Gasteiger charge is -2.08. The molecular formula is C17H22FN3O. The third kappa shape index (κ3) is 3.35. The summed E-state index contributed by atoms with van der Waals surface area (Å²) in [5, 5.41) is 6.76. The maximum Gasteiger partial charge on any atom is 0.272 e. The van der Waals surface area contributed by atoms with E-state index < -0.39 is 11.7 Å². The lowest BCUT2D eigenvalue weighted by atomic mass is 10.0. The fraction of sp³-hybridized carbons (Fsp3) is 0.412. The first kappa shape index (κ1) is 16.2. The average molecular weight is 303 g/mol. The molecule has 1 N–H and O–H groups in total. The molecule has 1 amide bonds. The van der Waals surface area contributed by atoms with Crippen LogP contribution in [-0.4, -0.2) is 15.7 Å². The van der Waals surface area contributed by atoms with Gasteiger partial charge in [-0.3, -0.25) is 9.48 Å². The number of hydrogen-bond acceptors (Lipinski definition) is 2. The first-order valence-electron chi connectivity index (χ1n) is 7.52. The van der Waals surface area contributed by atoms with Crippen molar-refractivity contribution in [3.05, 3.63) is 52.6 Å². The quantitative estimate of drug-likeness (QED) is 0.922. The summed E-state index contributed by atoms with van der Waals surface area (Å²) in [5.74, 6) is -0.502. The number of amides is 1. The maximum absolute atomic E-state index is 14.1. The fourth-order valence-electron chi connectivity index (χ4n) is 2.31. The zero-order valence-electron chi connectivity index (χ0n) is 13.5. The summed E-state index contributed by atoms with van der Waals surface area (Å²) >= 11 is 0. The highest BCUT2D eigenvalue weighted by Gasteiger charge is 2.21. The lowest BCUT2D eigenvalue weighted by Crippen LogP contribution is -2.26. The number of hydrogen-bond donors (Lipinski definition) is 1. The van der Waals surface area contributed by atoms with Gasteiger partial charge in [-0.25, -0.2) is 4.39 Å². The van der Waals surface area contributed by atoms with E-state index in [4.69, 9.17) is 0 Å². The van der Waals surface area contributed by atoms with Crippen molar-refractivity contribution in [2.75, 3.05) is 0 Å². The molecule has 4 nitrogen and oxygen atoms in total. The fourth-order valence-corrected chi connectivity index (χ4v) is 2.31. The molecule has 2 rings (SSSR count). The number of benzene rings is 1. The van der Waals surface area contributed by atoms with Crippen LogP contribution in [0.15, 0.2) is 24.3 Å². The van der Waals surface area contributed by atoms with Crippen LogP contribution in [-0.2, 0) is 20.0 Å². The smallest absolute Gasteiger partial charge is 0.272 e. The van der Waals surface area contributed by atoms with Gasteiger partial charge in [0.2, 0.25) is 0 Å². The van der Waals surface area contributed by atoms with E-state index >= 15 is 0 Å². The molecule has 0 atom stereocenters. The Hall–Kier alpha value is -2.17. The first-order chi connectivity index (χ1) is 10.4. The molecule has 1 aromatic carbocycles. The number of aryl methyl sites for hydroxylation is 2. The topological polar surface area (TPSA) is 46.9 Å². The van der Waals surface area contributed by atoms with Gasteiger partial charge in [-0.15, -0.1) is 0 Å². The third-order valence-corrected chi connectivity index (χ3v) is 3.71. The van der Waals surface area contributed by atoms with Gasteiger partial charge in [-0.1, -0.05) is 45.0 Å². The molecule has 1 heterocycles. The highest BCUT2D eigenvalue weighted by molar-refractivity contribution is 5.92. The minimum atomic E-state index is -0.530. The first-order valence-corrected chi connectivity index (χ1v) is 7.52. The molecule has 0 aliphatic carbocycles. The van der Waals surface area contributed by atoms with E-state index in [1.54, 1.807) is 7.05 Å². The largest absolute Gasteiger partial charge is 0.347 e. The number of aromatic nitrogens is 2. The van der Waals surface area contributed by atoms with Crippen molar-refractivity contribution >= 4 is 5.91 Å². The normalized spacial score (nSPS) is 11.0. The SMILES string of the molecule is CCc1nn(C)c(C(=O)NCc2ccc(C(C)C)cc2)c1F. The van der Waals surface area contributed by atoms with Gasteiger partial charge in [0.1, 0.15) is 0 Å². The Bertz CT molecular complexity index is 659. The molecule has 2 aromatic rings. The van der Waals surface area contributed by atoms with Crippen molar-refractivity contribution in [3.63, 3.8) is 0 Å². The average Bonchev–Trinajstić information content (AvgIpc) is 2.79. The summed E-state index contributed by atoms with van der Waals surface area (Å²) in [6.45, 7) is 6.44. The molecule has 0 spiro atoms. The van der Waals surface area contributed by atoms with E-state index in [1.165, 1.54) is 10.2 Å². The Labute approximate surface area is 130 Å². The molecule has 118 valence electrons. The molecule has 0 radical (unpaired) electrons. The zero-order chi connectivity index (χ0) is 16.3. The van der Waals surface area contributed by atoms with Crippen LogP contribution in [0.25, 0.3) is 0 Å². The third-order valence-electron chi connectivity index (χ3n) is 3.71. The number of rotatable bonds is 5. The molecule has 0 bridgehead atoms. The summed E-state index contributed by atoms with van der Waals surface area (Å²) in [7, 11) is 1.58. The van der Waals surface area contributed by atoms with Crippen molar-refractivity contribution in [1.29, 1.82) is 0 Å². The molecule has 22 heavy (non-hydrogen) atoms. The molecular weight excluding hydrogens is 281 g/mol. The molecule has 0 saturated heterocycles. The predicted octanol–water partition coefficient (Wildman–Crippen LogP) is 3.18. The van der Waals surface area contributed by atoms with E-state index in [0.717, 1.165) is 5.56 Å². The molecule has 0 unspecified atom stereocenters. The van der Waals surface area contributed by atoms with E-state index in [2.05, 4.69) is 24.3 Å². The van der Waals surface area contributed by atoms with Crippen molar-refractivity contribution in [3.8, 4) is 0 Å². The van der Waals surface area contributed by atoms with E-state index in [-0.39, 0.29) is 5.69 Å². The minimum absolute atomic E-state index is 0.0179. The van der Waals surface area contributed by atoms with Gasteiger partial charge in [0.15, 0.2) is 11.5 Å². The number of nitrogens with one attached hydrogen (secondary N) is 1. The number of carbonyl (C=O) groups excluding carboxylic acids is 1. The van der Waals surface area contributed by atoms with Gasteiger partial charge in [0.25, 0.3) is 5.91 Å². The van der Waals surface area contributed by atoms with Gasteiger partial charge in [-0.05, 0) is 23.5 Å². The Morgan fingerprint density at radius 3 is 2.45 bits per heavy atom. The zero-order valence-corrected chi connectivity index (χ0v) is 13.5. The van der Waals surface area contributed by atoms with Gasteiger partial charge in [-0.2, -0.15) is 5.10 Å². The molecule has 1 aromatic heterocycles. The van der Waals surface area contributed by atoms with Crippen LogP contribution in [0.1, 0.15) is 54.0 Å². The second kappa shape index (κ2) is 6.73. The highest BCUT2D eigenvalue weighted by Crippen LogP contribution is 2.15. The summed E-state index contributed by atoms with van der Waals surface area (Å²) in [6.07, 6.45) is 0.462. The lowest BCUT2D eigenvalue weighted by molar-refractivity contribution is 0.0937. The Morgan fingerprint density at radius 1 is 1.32 bits per heavy atom. The summed E-state index contributed by atoms with van der Waals surface area (Å²) in [5.41, 5.74) is 2.53. The molecule has 0 aliphatic heterocycles. The summed E-state index contributed by atoms with van der Waals surface area (Å²) < 4.78 is 15.4. The minimum Gasteiger partial charge on any atom is -0.347 e. The van der Waals surface area contributed by atoms with Crippen LogP contribution in [0, 0.1) is 5.82 Å². The number of carbonyl (C=O) groups is 1. The second-order valence-electron chi connectivity index (χ2n) is 5.67. The Morgan fingerprint density at radius 2 is 1.95 bits per heavy atom. The molecule has 0 saturated carbocycles. The van der Waals surface area contributed by atoms with Crippen LogP contribution in [0.4, 0.5) is 4.39 Å². The maximum atomic E-state index is 14.1. The van der Waals surface area contributed by atoms with Gasteiger partial charge >= 0.3 is 0 Å². The molecule has 0 aliphatic rings. The standard InChI is InChI=1S/C17H22FN3O/c1-5-14-15(18)16(21(4)20-14)17(22)19-10-12-6-8-13(9-7-12)11(2)3/h6-9,11H,5,10H2,1-4H3,(H,19,22). The van der Waals surface area contributed by atoms with Crippen LogP contribution < -0.4 is 5.32 Å². The monoisotopic (exact) mass is 303 g/mol. The van der Waals surface area contributed by atoms with E-state index in [9.17, 15) is 9.18 Å². The Kier molecular flexibility index (Phi) is 4.96. The van der Waals surface area contributed by atoms with Gasteiger partial charge < -0.3 is 5.32 Å². The predicted molar refractivity (Wildman–Crippen MR) is 84.2 cm³/mol.